The van der Waals surface area contributed by atoms with Gasteiger partial charge in [0.25, 0.3) is 0 Å². The SMILES string of the molecule is O=C(OCOC(=O)c1ccccn1)c1ccccn1. The van der Waals surface area contributed by atoms with E-state index in [1.807, 2.05) is 0 Å². The van der Waals surface area contributed by atoms with E-state index in [-0.39, 0.29) is 11.4 Å². The van der Waals surface area contributed by atoms with Crippen LogP contribution in [0.2, 0.25) is 0 Å². The molecule has 6 nitrogen and oxygen atoms in total. The molecule has 0 fully saturated rings. The molecule has 2 rings (SSSR count). The van der Waals surface area contributed by atoms with Crippen LogP contribution in [0.25, 0.3) is 0 Å². The summed E-state index contributed by atoms with van der Waals surface area (Å²) in [4.78, 5) is 30.6. The van der Waals surface area contributed by atoms with Gasteiger partial charge in [-0.15, -0.1) is 0 Å². The zero-order valence-corrected chi connectivity index (χ0v) is 9.85. The topological polar surface area (TPSA) is 78.4 Å². The smallest absolute Gasteiger partial charge is 0.359 e. The third-order valence-electron chi connectivity index (χ3n) is 2.13. The summed E-state index contributed by atoms with van der Waals surface area (Å²) in [5.74, 6) is -1.32. The summed E-state index contributed by atoms with van der Waals surface area (Å²) in [5, 5.41) is 0. The molecular formula is C13H10N2O4. The molecule has 0 aromatic carbocycles. The van der Waals surface area contributed by atoms with Gasteiger partial charge in [-0.05, 0) is 24.3 Å². The summed E-state index contributed by atoms with van der Waals surface area (Å²) in [6.45, 7) is -0.481. The van der Waals surface area contributed by atoms with Crippen LogP contribution in [0.15, 0.2) is 48.8 Å². The van der Waals surface area contributed by atoms with Gasteiger partial charge in [0.05, 0.1) is 0 Å². The number of hydrogen-bond donors (Lipinski definition) is 0. The van der Waals surface area contributed by atoms with Gasteiger partial charge in [-0.3, -0.25) is 0 Å². The Kier molecular flexibility index (Phi) is 4.17. The summed E-state index contributed by atoms with van der Waals surface area (Å²) in [7, 11) is 0. The van der Waals surface area contributed by atoms with Gasteiger partial charge >= 0.3 is 11.9 Å². The first-order valence-electron chi connectivity index (χ1n) is 5.43. The van der Waals surface area contributed by atoms with Crippen LogP contribution in [0.3, 0.4) is 0 Å². The molecule has 0 saturated carbocycles. The molecule has 0 bridgehead atoms. The first-order valence-corrected chi connectivity index (χ1v) is 5.43. The molecular weight excluding hydrogens is 248 g/mol. The number of pyridine rings is 2. The van der Waals surface area contributed by atoms with Crippen LogP contribution < -0.4 is 0 Å². The molecule has 0 atom stereocenters. The normalized spacial score (nSPS) is 9.68. The van der Waals surface area contributed by atoms with Gasteiger partial charge in [0.2, 0.25) is 6.79 Å². The van der Waals surface area contributed by atoms with Crippen molar-refractivity contribution in [3.05, 3.63) is 60.2 Å². The molecule has 0 amide bonds. The van der Waals surface area contributed by atoms with E-state index in [0.29, 0.717) is 0 Å². The van der Waals surface area contributed by atoms with Crippen LogP contribution in [0.4, 0.5) is 0 Å². The first kappa shape index (κ1) is 12.7. The maximum Gasteiger partial charge on any atom is 0.359 e. The van der Waals surface area contributed by atoms with Gasteiger partial charge < -0.3 is 9.47 Å². The summed E-state index contributed by atoms with van der Waals surface area (Å²) in [5.41, 5.74) is 0.299. The lowest BCUT2D eigenvalue weighted by Gasteiger charge is -2.05. The van der Waals surface area contributed by atoms with Crippen LogP contribution in [0.1, 0.15) is 21.0 Å². The minimum absolute atomic E-state index is 0.149. The third kappa shape index (κ3) is 3.60. The Labute approximate surface area is 109 Å². The lowest BCUT2D eigenvalue weighted by atomic mass is 10.3. The lowest BCUT2D eigenvalue weighted by molar-refractivity contribution is -0.0174. The predicted octanol–water partition coefficient (Wildman–Crippen LogP) is 1.45. The monoisotopic (exact) mass is 258 g/mol. The number of ether oxygens (including phenoxy) is 2. The number of carbonyl (C=O) groups is 2. The Bertz CT molecular complexity index is 506. The second kappa shape index (κ2) is 6.25. The van der Waals surface area contributed by atoms with Crippen LogP contribution in [-0.2, 0) is 9.47 Å². The molecule has 19 heavy (non-hydrogen) atoms. The molecule has 2 aromatic heterocycles. The van der Waals surface area contributed by atoms with Crippen molar-refractivity contribution in [3.63, 3.8) is 0 Å². The van der Waals surface area contributed by atoms with Gasteiger partial charge in [0, 0.05) is 12.4 Å². The Morgan fingerprint density at radius 1 is 0.842 bits per heavy atom. The number of rotatable bonds is 4. The number of nitrogens with zero attached hydrogens (tertiary/aromatic N) is 2. The Balaban J connectivity index is 1.81. The van der Waals surface area contributed by atoms with Crippen molar-refractivity contribution >= 4 is 11.9 Å². The molecule has 0 unspecified atom stereocenters. The van der Waals surface area contributed by atoms with Crippen molar-refractivity contribution in [2.24, 2.45) is 0 Å². The summed E-state index contributed by atoms with van der Waals surface area (Å²) in [6.07, 6.45) is 2.94. The summed E-state index contributed by atoms with van der Waals surface area (Å²) < 4.78 is 9.50. The van der Waals surface area contributed by atoms with E-state index in [0.717, 1.165) is 0 Å². The van der Waals surface area contributed by atoms with E-state index >= 15 is 0 Å². The Hall–Kier alpha value is -2.76. The maximum atomic E-state index is 11.5. The Morgan fingerprint density at radius 2 is 1.32 bits per heavy atom. The molecule has 0 aliphatic heterocycles. The largest absolute Gasteiger partial charge is 0.423 e. The molecule has 2 heterocycles. The van der Waals surface area contributed by atoms with Crippen molar-refractivity contribution in [2.45, 2.75) is 0 Å². The van der Waals surface area contributed by atoms with Crippen molar-refractivity contribution in [1.82, 2.24) is 9.97 Å². The molecule has 0 radical (unpaired) electrons. The van der Waals surface area contributed by atoms with Crippen molar-refractivity contribution in [2.75, 3.05) is 6.79 Å². The molecule has 0 spiro atoms. The van der Waals surface area contributed by atoms with Gasteiger partial charge in [-0.1, -0.05) is 12.1 Å². The fourth-order valence-electron chi connectivity index (χ4n) is 1.25. The predicted molar refractivity (Wildman–Crippen MR) is 64.2 cm³/mol. The van der Waals surface area contributed by atoms with Gasteiger partial charge in [0.1, 0.15) is 11.4 Å². The fourth-order valence-corrected chi connectivity index (χ4v) is 1.25. The highest BCUT2D eigenvalue weighted by molar-refractivity contribution is 5.88. The van der Waals surface area contributed by atoms with Crippen LogP contribution in [0.5, 0.6) is 0 Å². The molecule has 0 aliphatic rings. The van der Waals surface area contributed by atoms with E-state index < -0.39 is 18.7 Å². The second-order valence-electron chi connectivity index (χ2n) is 3.41. The van der Waals surface area contributed by atoms with Crippen molar-refractivity contribution < 1.29 is 19.1 Å². The summed E-state index contributed by atoms with van der Waals surface area (Å²) in [6, 6.07) is 9.68. The molecule has 0 aliphatic carbocycles. The molecule has 0 N–H and O–H groups in total. The first-order chi connectivity index (χ1) is 9.27. The molecule has 96 valence electrons. The highest BCUT2D eigenvalue weighted by Crippen LogP contribution is 1.99. The highest BCUT2D eigenvalue weighted by Gasteiger charge is 2.11. The van der Waals surface area contributed by atoms with Gasteiger partial charge in [-0.2, -0.15) is 0 Å². The molecule has 2 aromatic rings. The molecule has 6 heteroatoms. The van der Waals surface area contributed by atoms with E-state index in [9.17, 15) is 9.59 Å². The van der Waals surface area contributed by atoms with Crippen molar-refractivity contribution in [1.29, 1.82) is 0 Å². The number of esters is 2. The lowest BCUT2D eigenvalue weighted by Crippen LogP contribution is -2.14. The molecule has 0 saturated heterocycles. The highest BCUT2D eigenvalue weighted by atomic mass is 16.7. The number of aromatic nitrogens is 2. The van der Waals surface area contributed by atoms with Crippen LogP contribution >= 0.6 is 0 Å². The number of hydrogen-bond acceptors (Lipinski definition) is 6. The van der Waals surface area contributed by atoms with Crippen molar-refractivity contribution in [3.8, 4) is 0 Å². The van der Waals surface area contributed by atoms with Crippen LogP contribution in [0, 0.1) is 0 Å². The van der Waals surface area contributed by atoms with Gasteiger partial charge in [0.15, 0.2) is 0 Å². The summed E-state index contributed by atoms with van der Waals surface area (Å²) >= 11 is 0. The zero-order valence-electron chi connectivity index (χ0n) is 9.85. The van der Waals surface area contributed by atoms with E-state index in [2.05, 4.69) is 9.97 Å². The Morgan fingerprint density at radius 3 is 1.68 bits per heavy atom. The zero-order chi connectivity index (χ0) is 13.5. The quantitative estimate of drug-likeness (QED) is 0.610. The average Bonchev–Trinajstić information content (AvgIpc) is 2.49. The number of carbonyl (C=O) groups excluding carboxylic acids is 2. The third-order valence-corrected chi connectivity index (χ3v) is 2.13. The van der Waals surface area contributed by atoms with E-state index in [1.165, 1.54) is 24.5 Å². The van der Waals surface area contributed by atoms with E-state index in [1.54, 1.807) is 24.3 Å². The average molecular weight is 258 g/mol. The maximum absolute atomic E-state index is 11.5. The standard InChI is InChI=1S/C13H10N2O4/c16-12(10-5-1-3-7-14-10)18-9-19-13(17)11-6-2-4-8-15-11/h1-8H,9H2. The fraction of sp³-hybridized carbons (Fsp3) is 0.0769. The second-order valence-corrected chi connectivity index (χ2v) is 3.41. The minimum Gasteiger partial charge on any atom is -0.423 e. The van der Waals surface area contributed by atoms with E-state index in [4.69, 9.17) is 9.47 Å². The van der Waals surface area contributed by atoms with Crippen LogP contribution in [-0.4, -0.2) is 28.7 Å². The minimum atomic E-state index is -0.658. The van der Waals surface area contributed by atoms with Gasteiger partial charge in [-0.25, -0.2) is 19.6 Å².